The van der Waals surface area contributed by atoms with Gasteiger partial charge in [-0.15, -0.1) is 0 Å². The van der Waals surface area contributed by atoms with Crippen LogP contribution in [0.25, 0.3) is 6.08 Å². The summed E-state index contributed by atoms with van der Waals surface area (Å²) in [6.45, 7) is 2.01. The van der Waals surface area contributed by atoms with E-state index >= 15 is 0 Å². The van der Waals surface area contributed by atoms with E-state index < -0.39 is 0 Å². The predicted molar refractivity (Wildman–Crippen MR) is 78.7 cm³/mol. The fourth-order valence-electron chi connectivity index (χ4n) is 1.56. The number of ketones is 1. The second kappa shape index (κ2) is 5.78. The van der Waals surface area contributed by atoms with Crippen molar-refractivity contribution in [1.82, 2.24) is 0 Å². The van der Waals surface area contributed by atoms with E-state index in [1.54, 1.807) is 6.08 Å². The lowest BCUT2D eigenvalue weighted by Gasteiger charge is -1.97. The Morgan fingerprint density at radius 1 is 1.00 bits per heavy atom. The third kappa shape index (κ3) is 3.41. The van der Waals surface area contributed by atoms with E-state index in [1.165, 1.54) is 0 Å². The molecule has 0 saturated heterocycles. The van der Waals surface area contributed by atoms with E-state index in [4.69, 9.17) is 0 Å². The van der Waals surface area contributed by atoms with Crippen LogP contribution in [-0.4, -0.2) is 5.78 Å². The highest BCUT2D eigenvalue weighted by Gasteiger charge is 2.00. The van der Waals surface area contributed by atoms with Gasteiger partial charge in [0.2, 0.25) is 0 Å². The minimum absolute atomic E-state index is 0.0259. The minimum Gasteiger partial charge on any atom is -0.289 e. The number of allylic oxidation sites excluding steroid dienone is 1. The quantitative estimate of drug-likeness (QED) is 0.595. The summed E-state index contributed by atoms with van der Waals surface area (Å²) in [5.41, 5.74) is 2.89. The molecular formula is C16H13BrO. The third-order valence-corrected chi connectivity index (χ3v) is 3.16. The summed E-state index contributed by atoms with van der Waals surface area (Å²) >= 11 is 3.38. The molecule has 0 aliphatic rings. The maximum atomic E-state index is 11.9. The van der Waals surface area contributed by atoms with Gasteiger partial charge in [-0.25, -0.2) is 0 Å². The molecule has 0 unspecified atom stereocenters. The Morgan fingerprint density at radius 3 is 2.22 bits per heavy atom. The van der Waals surface area contributed by atoms with Gasteiger partial charge < -0.3 is 0 Å². The topological polar surface area (TPSA) is 17.1 Å². The summed E-state index contributed by atoms with van der Waals surface area (Å²) in [6.07, 6.45) is 3.43. The SMILES string of the molecule is Cc1ccc(C(=O)/C=C/c2ccc(Br)cc2)cc1. The Morgan fingerprint density at radius 2 is 1.61 bits per heavy atom. The Balaban J connectivity index is 2.11. The molecule has 0 amide bonds. The number of hydrogen-bond donors (Lipinski definition) is 0. The highest BCUT2D eigenvalue weighted by atomic mass is 79.9. The number of carbonyl (C=O) groups excluding carboxylic acids is 1. The van der Waals surface area contributed by atoms with Gasteiger partial charge in [0.25, 0.3) is 0 Å². The number of rotatable bonds is 3. The zero-order chi connectivity index (χ0) is 13.0. The van der Waals surface area contributed by atoms with Crippen molar-refractivity contribution in [3.63, 3.8) is 0 Å². The Labute approximate surface area is 115 Å². The van der Waals surface area contributed by atoms with Crippen molar-refractivity contribution in [3.05, 3.63) is 75.8 Å². The summed E-state index contributed by atoms with van der Waals surface area (Å²) in [5, 5.41) is 0. The molecule has 0 N–H and O–H groups in total. The molecule has 0 aliphatic carbocycles. The van der Waals surface area contributed by atoms with E-state index in [-0.39, 0.29) is 5.78 Å². The summed E-state index contributed by atoms with van der Waals surface area (Å²) in [5.74, 6) is 0.0259. The van der Waals surface area contributed by atoms with Crippen LogP contribution in [0.3, 0.4) is 0 Å². The van der Waals surface area contributed by atoms with Crippen LogP contribution in [0.4, 0.5) is 0 Å². The minimum atomic E-state index is 0.0259. The van der Waals surface area contributed by atoms with Gasteiger partial charge in [-0.1, -0.05) is 64.0 Å². The van der Waals surface area contributed by atoms with Crippen LogP contribution in [0.15, 0.2) is 59.1 Å². The lowest BCUT2D eigenvalue weighted by atomic mass is 10.1. The zero-order valence-corrected chi connectivity index (χ0v) is 11.6. The van der Waals surface area contributed by atoms with Gasteiger partial charge in [0, 0.05) is 10.0 Å². The molecule has 0 heterocycles. The van der Waals surface area contributed by atoms with Crippen LogP contribution in [0, 0.1) is 6.92 Å². The first-order valence-corrected chi connectivity index (χ1v) is 6.49. The first kappa shape index (κ1) is 12.8. The van der Waals surface area contributed by atoms with Gasteiger partial charge in [-0.05, 0) is 30.7 Å². The summed E-state index contributed by atoms with van der Waals surface area (Å²) in [6, 6.07) is 15.4. The second-order valence-corrected chi connectivity index (χ2v) is 5.03. The molecule has 0 fully saturated rings. The zero-order valence-electron chi connectivity index (χ0n) is 10.1. The van der Waals surface area contributed by atoms with Gasteiger partial charge >= 0.3 is 0 Å². The number of halogens is 1. The standard InChI is InChI=1S/C16H13BrO/c1-12-2-7-14(8-3-12)16(18)11-6-13-4-9-15(17)10-5-13/h2-11H,1H3/b11-6+. The molecule has 0 aromatic heterocycles. The van der Waals surface area contributed by atoms with Crippen molar-refractivity contribution < 1.29 is 4.79 Å². The summed E-state index contributed by atoms with van der Waals surface area (Å²) in [7, 11) is 0. The van der Waals surface area contributed by atoms with E-state index in [9.17, 15) is 4.79 Å². The maximum absolute atomic E-state index is 11.9. The van der Waals surface area contributed by atoms with E-state index in [0.717, 1.165) is 15.6 Å². The van der Waals surface area contributed by atoms with Crippen LogP contribution in [0.1, 0.15) is 21.5 Å². The van der Waals surface area contributed by atoms with E-state index in [1.807, 2.05) is 61.5 Å². The van der Waals surface area contributed by atoms with Crippen LogP contribution in [-0.2, 0) is 0 Å². The lowest BCUT2D eigenvalue weighted by molar-refractivity contribution is 0.104. The Kier molecular flexibility index (Phi) is 4.11. The van der Waals surface area contributed by atoms with Crippen molar-refractivity contribution >= 4 is 27.8 Å². The average molecular weight is 301 g/mol. The Bertz CT molecular complexity index is 565. The van der Waals surface area contributed by atoms with Crippen molar-refractivity contribution in [2.24, 2.45) is 0 Å². The van der Waals surface area contributed by atoms with E-state index in [0.29, 0.717) is 5.56 Å². The fourth-order valence-corrected chi connectivity index (χ4v) is 1.82. The molecule has 2 aromatic rings. The first-order valence-electron chi connectivity index (χ1n) is 5.70. The third-order valence-electron chi connectivity index (χ3n) is 2.63. The average Bonchev–Trinajstić information content (AvgIpc) is 2.38. The smallest absolute Gasteiger partial charge is 0.185 e. The molecule has 18 heavy (non-hydrogen) atoms. The van der Waals surface area contributed by atoms with E-state index in [2.05, 4.69) is 15.9 Å². The largest absolute Gasteiger partial charge is 0.289 e. The number of aryl methyl sites for hydroxylation is 1. The van der Waals surface area contributed by atoms with Gasteiger partial charge in [0.15, 0.2) is 5.78 Å². The lowest BCUT2D eigenvalue weighted by Crippen LogP contribution is -1.93. The molecule has 0 spiro atoms. The van der Waals surface area contributed by atoms with Crippen molar-refractivity contribution in [2.75, 3.05) is 0 Å². The predicted octanol–water partition coefficient (Wildman–Crippen LogP) is 4.65. The van der Waals surface area contributed by atoms with Crippen LogP contribution >= 0.6 is 15.9 Å². The molecule has 90 valence electrons. The second-order valence-electron chi connectivity index (χ2n) is 4.12. The fraction of sp³-hybridized carbons (Fsp3) is 0.0625. The van der Waals surface area contributed by atoms with Crippen LogP contribution in [0.5, 0.6) is 0 Å². The molecule has 1 nitrogen and oxygen atoms in total. The van der Waals surface area contributed by atoms with Gasteiger partial charge in [0.05, 0.1) is 0 Å². The summed E-state index contributed by atoms with van der Waals surface area (Å²) < 4.78 is 1.03. The molecule has 0 bridgehead atoms. The first-order chi connectivity index (χ1) is 8.65. The summed E-state index contributed by atoms with van der Waals surface area (Å²) in [4.78, 5) is 11.9. The monoisotopic (exact) mass is 300 g/mol. The maximum Gasteiger partial charge on any atom is 0.185 e. The highest BCUT2D eigenvalue weighted by Crippen LogP contribution is 2.12. The van der Waals surface area contributed by atoms with Gasteiger partial charge in [-0.3, -0.25) is 4.79 Å². The molecule has 2 aromatic carbocycles. The number of hydrogen-bond acceptors (Lipinski definition) is 1. The number of benzene rings is 2. The molecular weight excluding hydrogens is 288 g/mol. The van der Waals surface area contributed by atoms with Crippen LogP contribution in [0.2, 0.25) is 0 Å². The number of carbonyl (C=O) groups is 1. The molecule has 0 atom stereocenters. The highest BCUT2D eigenvalue weighted by molar-refractivity contribution is 9.10. The van der Waals surface area contributed by atoms with Crippen molar-refractivity contribution in [1.29, 1.82) is 0 Å². The van der Waals surface area contributed by atoms with Gasteiger partial charge in [0.1, 0.15) is 0 Å². The molecule has 2 rings (SSSR count). The van der Waals surface area contributed by atoms with Crippen molar-refractivity contribution in [2.45, 2.75) is 6.92 Å². The van der Waals surface area contributed by atoms with Gasteiger partial charge in [-0.2, -0.15) is 0 Å². The molecule has 2 heteroatoms. The van der Waals surface area contributed by atoms with Crippen molar-refractivity contribution in [3.8, 4) is 0 Å². The Hall–Kier alpha value is -1.67. The molecule has 0 saturated carbocycles. The molecule has 0 radical (unpaired) electrons. The molecule has 0 aliphatic heterocycles. The normalized spacial score (nSPS) is 10.8. The van der Waals surface area contributed by atoms with Crippen LogP contribution < -0.4 is 0 Å².